The van der Waals surface area contributed by atoms with Crippen molar-refractivity contribution in [2.45, 2.75) is 22.3 Å². The smallest absolute Gasteiger partial charge is 0.235 e. The first-order valence-corrected chi connectivity index (χ1v) is 14.1. The van der Waals surface area contributed by atoms with Crippen molar-refractivity contribution in [1.29, 1.82) is 0 Å². The van der Waals surface area contributed by atoms with E-state index in [1.807, 2.05) is 36.5 Å². The first-order valence-electron chi connectivity index (χ1n) is 10.5. The third kappa shape index (κ3) is 3.60. The molecule has 0 bridgehead atoms. The number of hydrogen-bond donors (Lipinski definition) is 0. The standard InChI is InChI=1S/C25H25N3OS3/c1-16-11-13-28-23(22(27-24(28)26-16)17-5-8-19(30-2)9-6-17)18-7-10-21-20(15-18)25(31-3,32-4)12-14-29-21/h5-11,13,15H,12,14H2,1-4H3. The topological polar surface area (TPSA) is 39.4 Å². The molecule has 0 aliphatic carbocycles. The van der Waals surface area contributed by atoms with Gasteiger partial charge in [0.15, 0.2) is 0 Å². The van der Waals surface area contributed by atoms with Crippen molar-refractivity contribution >= 4 is 41.1 Å². The molecule has 4 nitrogen and oxygen atoms in total. The highest BCUT2D eigenvalue weighted by Crippen LogP contribution is 2.53. The Balaban J connectivity index is 1.75. The number of thioether (sulfide) groups is 3. The van der Waals surface area contributed by atoms with Crippen molar-refractivity contribution in [3.63, 3.8) is 0 Å². The van der Waals surface area contributed by atoms with E-state index in [-0.39, 0.29) is 4.08 Å². The van der Waals surface area contributed by atoms with Crippen LogP contribution in [0.5, 0.6) is 5.75 Å². The summed E-state index contributed by atoms with van der Waals surface area (Å²) in [4.78, 5) is 10.9. The van der Waals surface area contributed by atoms with Crippen LogP contribution in [-0.2, 0) is 4.08 Å². The summed E-state index contributed by atoms with van der Waals surface area (Å²) in [7, 11) is 0. The molecule has 32 heavy (non-hydrogen) atoms. The van der Waals surface area contributed by atoms with Gasteiger partial charge >= 0.3 is 0 Å². The number of benzene rings is 2. The quantitative estimate of drug-likeness (QED) is 0.233. The molecule has 0 N–H and O–H groups in total. The molecular weight excluding hydrogens is 454 g/mol. The van der Waals surface area contributed by atoms with Crippen LogP contribution >= 0.6 is 35.3 Å². The highest BCUT2D eigenvalue weighted by Gasteiger charge is 2.37. The lowest BCUT2D eigenvalue weighted by molar-refractivity contribution is 0.280. The number of rotatable bonds is 5. The zero-order valence-corrected chi connectivity index (χ0v) is 21.0. The van der Waals surface area contributed by atoms with Crippen molar-refractivity contribution in [3.8, 4) is 28.3 Å². The van der Waals surface area contributed by atoms with E-state index in [0.717, 1.165) is 52.8 Å². The molecule has 3 heterocycles. The summed E-state index contributed by atoms with van der Waals surface area (Å²) in [6.07, 6.45) is 9.54. The maximum Gasteiger partial charge on any atom is 0.235 e. The van der Waals surface area contributed by atoms with Crippen LogP contribution in [0, 0.1) is 6.92 Å². The van der Waals surface area contributed by atoms with E-state index in [4.69, 9.17) is 14.7 Å². The van der Waals surface area contributed by atoms with Gasteiger partial charge in [-0.2, -0.15) is 0 Å². The molecule has 5 rings (SSSR count). The van der Waals surface area contributed by atoms with Gasteiger partial charge in [0.05, 0.1) is 22.1 Å². The van der Waals surface area contributed by atoms with Crippen LogP contribution in [-0.4, -0.2) is 39.7 Å². The lowest BCUT2D eigenvalue weighted by atomic mass is 9.98. The van der Waals surface area contributed by atoms with Crippen molar-refractivity contribution in [1.82, 2.24) is 14.4 Å². The van der Waals surface area contributed by atoms with Gasteiger partial charge in [-0.1, -0.05) is 12.1 Å². The summed E-state index contributed by atoms with van der Waals surface area (Å²) in [5.74, 6) is 1.70. The molecule has 2 aromatic carbocycles. The van der Waals surface area contributed by atoms with Gasteiger partial charge in [-0.15, -0.1) is 35.3 Å². The third-order valence-corrected chi connectivity index (χ3v) is 9.92. The Morgan fingerprint density at radius 3 is 2.41 bits per heavy atom. The maximum absolute atomic E-state index is 6.03. The van der Waals surface area contributed by atoms with E-state index in [2.05, 4.69) is 71.8 Å². The molecule has 4 aromatic rings. The first kappa shape index (κ1) is 21.7. The lowest BCUT2D eigenvalue weighted by Gasteiger charge is -2.36. The molecule has 7 heteroatoms. The Kier molecular flexibility index (Phi) is 5.90. The Hall–Kier alpha value is -2.09. The Morgan fingerprint density at radius 1 is 0.938 bits per heavy atom. The molecule has 1 aliphatic heterocycles. The van der Waals surface area contributed by atoms with Gasteiger partial charge in [-0.05, 0) is 62.1 Å². The highest BCUT2D eigenvalue weighted by molar-refractivity contribution is 8.16. The molecule has 0 unspecified atom stereocenters. The zero-order valence-electron chi connectivity index (χ0n) is 18.6. The number of aryl methyl sites for hydroxylation is 1. The fourth-order valence-corrected chi connectivity index (χ4v) is 6.69. The Morgan fingerprint density at radius 2 is 1.69 bits per heavy atom. The largest absolute Gasteiger partial charge is 0.493 e. The van der Waals surface area contributed by atoms with E-state index in [0.29, 0.717) is 0 Å². The highest BCUT2D eigenvalue weighted by atomic mass is 32.2. The summed E-state index contributed by atoms with van der Waals surface area (Å²) >= 11 is 5.54. The molecule has 0 atom stereocenters. The lowest BCUT2D eigenvalue weighted by Crippen LogP contribution is -2.26. The number of hydrogen-bond acceptors (Lipinski definition) is 6. The van der Waals surface area contributed by atoms with Gasteiger partial charge in [0, 0.05) is 39.9 Å². The van der Waals surface area contributed by atoms with Gasteiger partial charge in [0.1, 0.15) is 5.75 Å². The summed E-state index contributed by atoms with van der Waals surface area (Å²) in [5.41, 5.74) is 6.45. The molecule has 0 saturated heterocycles. The van der Waals surface area contributed by atoms with E-state index < -0.39 is 0 Å². The SMILES string of the molecule is CSc1ccc(-c2nc3nc(C)ccn3c2-c2ccc3c(c2)C(SC)(SC)CCO3)cc1. The van der Waals surface area contributed by atoms with Gasteiger partial charge < -0.3 is 4.74 Å². The van der Waals surface area contributed by atoms with Crippen LogP contribution < -0.4 is 4.74 Å². The van der Waals surface area contributed by atoms with Gasteiger partial charge in [0.2, 0.25) is 5.78 Å². The van der Waals surface area contributed by atoms with Crippen molar-refractivity contribution < 1.29 is 4.74 Å². The van der Waals surface area contributed by atoms with Crippen molar-refractivity contribution in [2.24, 2.45) is 0 Å². The predicted octanol–water partition coefficient (Wildman–Crippen LogP) is 6.75. The molecule has 0 radical (unpaired) electrons. The third-order valence-electron chi connectivity index (χ3n) is 6.01. The summed E-state index contributed by atoms with van der Waals surface area (Å²) in [6.45, 7) is 2.75. The van der Waals surface area contributed by atoms with E-state index >= 15 is 0 Å². The number of fused-ring (bicyclic) bond motifs is 2. The molecule has 2 aromatic heterocycles. The van der Waals surface area contributed by atoms with Gasteiger partial charge in [-0.3, -0.25) is 4.40 Å². The van der Waals surface area contributed by atoms with Crippen LogP contribution in [0.3, 0.4) is 0 Å². The average molecular weight is 480 g/mol. The minimum atomic E-state index is -0.000909. The molecule has 1 aliphatic rings. The Bertz CT molecular complexity index is 1280. The van der Waals surface area contributed by atoms with E-state index in [1.54, 1.807) is 11.8 Å². The molecule has 0 fully saturated rings. The van der Waals surface area contributed by atoms with Crippen molar-refractivity contribution in [2.75, 3.05) is 25.4 Å². The normalized spacial score (nSPS) is 14.9. The van der Waals surface area contributed by atoms with Crippen LogP contribution in [0.1, 0.15) is 17.7 Å². The van der Waals surface area contributed by atoms with Crippen LogP contribution in [0.2, 0.25) is 0 Å². The van der Waals surface area contributed by atoms with E-state index in [9.17, 15) is 0 Å². The second-order valence-corrected chi connectivity index (χ2v) is 11.1. The number of imidazole rings is 1. The van der Waals surface area contributed by atoms with E-state index in [1.165, 1.54) is 10.5 Å². The molecular formula is C25H25N3OS3. The number of nitrogens with zero attached hydrogens (tertiary/aromatic N) is 3. The molecule has 0 spiro atoms. The molecule has 0 amide bonds. The van der Waals surface area contributed by atoms with Crippen LogP contribution in [0.25, 0.3) is 28.3 Å². The molecule has 164 valence electrons. The van der Waals surface area contributed by atoms with Gasteiger partial charge in [0.25, 0.3) is 0 Å². The van der Waals surface area contributed by atoms with Gasteiger partial charge in [-0.25, -0.2) is 9.97 Å². The Labute approximate surface area is 201 Å². The fraction of sp³-hybridized carbons (Fsp3) is 0.280. The van der Waals surface area contributed by atoms with Crippen molar-refractivity contribution in [3.05, 3.63) is 66.0 Å². The average Bonchev–Trinajstić information content (AvgIpc) is 3.21. The maximum atomic E-state index is 6.03. The first-order chi connectivity index (χ1) is 15.6. The summed E-state index contributed by atoms with van der Waals surface area (Å²) in [5, 5.41) is 0. The van der Waals surface area contributed by atoms with Crippen LogP contribution in [0.15, 0.2) is 59.6 Å². The predicted molar refractivity (Wildman–Crippen MR) is 139 cm³/mol. The monoisotopic (exact) mass is 479 g/mol. The fourth-order valence-electron chi connectivity index (χ4n) is 4.28. The summed E-state index contributed by atoms with van der Waals surface area (Å²) in [6, 6.07) is 17.2. The number of ether oxygens (including phenoxy) is 1. The number of aromatic nitrogens is 3. The second-order valence-electron chi connectivity index (χ2n) is 7.75. The second kappa shape index (κ2) is 8.69. The van der Waals surface area contributed by atoms with Crippen LogP contribution in [0.4, 0.5) is 0 Å². The molecule has 0 saturated carbocycles. The zero-order chi connectivity index (χ0) is 22.3. The summed E-state index contributed by atoms with van der Waals surface area (Å²) < 4.78 is 8.14. The minimum Gasteiger partial charge on any atom is -0.493 e. The minimum absolute atomic E-state index is 0.000909.